The number of nitrogens with one attached hydrogen (secondary N) is 1. The molecule has 0 spiro atoms. The maximum atomic E-state index is 13.6. The van der Waals surface area contributed by atoms with Crippen LogP contribution in [0.1, 0.15) is 36.8 Å². The highest BCUT2D eigenvalue weighted by Crippen LogP contribution is 2.25. The Kier molecular flexibility index (Phi) is 7.69. The van der Waals surface area contributed by atoms with Gasteiger partial charge in [-0.15, -0.1) is 0 Å². The summed E-state index contributed by atoms with van der Waals surface area (Å²) < 4.78 is 23.9. The normalized spacial score (nSPS) is 16.9. The first-order valence-corrected chi connectivity index (χ1v) is 10.5. The average Bonchev–Trinajstić information content (AvgIpc) is 2.75. The zero-order valence-electron chi connectivity index (χ0n) is 18.0. The fraction of sp³-hybridized carbons (Fsp3) is 0.458. The van der Waals surface area contributed by atoms with Crippen LogP contribution in [0.5, 0.6) is 11.5 Å². The van der Waals surface area contributed by atoms with Crippen molar-refractivity contribution < 1.29 is 18.7 Å². The molecule has 0 aliphatic carbocycles. The number of halogens is 1. The van der Waals surface area contributed by atoms with Gasteiger partial charge < -0.3 is 14.8 Å². The van der Waals surface area contributed by atoms with Crippen LogP contribution in [0.25, 0.3) is 0 Å². The van der Waals surface area contributed by atoms with E-state index in [4.69, 9.17) is 9.47 Å². The molecule has 2 aromatic rings. The number of methoxy groups -OCH3 is 2. The van der Waals surface area contributed by atoms with E-state index in [1.807, 2.05) is 31.2 Å². The van der Waals surface area contributed by atoms with Crippen molar-refractivity contribution in [2.24, 2.45) is 5.92 Å². The van der Waals surface area contributed by atoms with Gasteiger partial charge in [0.25, 0.3) is 0 Å². The molecule has 5 nitrogen and oxygen atoms in total. The van der Waals surface area contributed by atoms with Crippen LogP contribution in [0.4, 0.5) is 10.1 Å². The Balaban J connectivity index is 1.48. The number of hydrogen-bond acceptors (Lipinski definition) is 4. The van der Waals surface area contributed by atoms with Gasteiger partial charge in [-0.1, -0.05) is 6.07 Å². The Morgan fingerprint density at radius 1 is 1.20 bits per heavy atom. The summed E-state index contributed by atoms with van der Waals surface area (Å²) in [7, 11) is 3.12. The van der Waals surface area contributed by atoms with Gasteiger partial charge in [0.05, 0.1) is 14.2 Å². The Labute approximate surface area is 178 Å². The van der Waals surface area contributed by atoms with Crippen LogP contribution in [0, 0.1) is 18.7 Å². The minimum Gasteiger partial charge on any atom is -0.497 e. The van der Waals surface area contributed by atoms with Gasteiger partial charge in [0, 0.05) is 25.2 Å². The molecule has 1 heterocycles. The summed E-state index contributed by atoms with van der Waals surface area (Å²) in [5, 5.41) is 3.01. The second kappa shape index (κ2) is 10.4. The second-order valence-corrected chi connectivity index (χ2v) is 7.98. The molecule has 1 aliphatic rings. The van der Waals surface area contributed by atoms with Gasteiger partial charge in [-0.25, -0.2) is 4.39 Å². The minimum atomic E-state index is -0.337. The highest BCUT2D eigenvalue weighted by atomic mass is 19.1. The quantitative estimate of drug-likeness (QED) is 0.675. The number of benzene rings is 2. The molecule has 6 heteroatoms. The number of piperidine rings is 1. The Bertz CT molecular complexity index is 872. The van der Waals surface area contributed by atoms with E-state index in [1.165, 1.54) is 13.2 Å². The molecule has 0 bridgehead atoms. The lowest BCUT2D eigenvalue weighted by atomic mass is 9.93. The molecule has 0 aromatic heterocycles. The van der Waals surface area contributed by atoms with Crippen LogP contribution >= 0.6 is 0 Å². The van der Waals surface area contributed by atoms with Gasteiger partial charge >= 0.3 is 0 Å². The molecule has 0 saturated carbocycles. The first-order valence-electron chi connectivity index (χ1n) is 10.5. The fourth-order valence-corrected chi connectivity index (χ4v) is 4.04. The molecule has 162 valence electrons. The van der Waals surface area contributed by atoms with Crippen molar-refractivity contribution >= 4 is 11.6 Å². The minimum absolute atomic E-state index is 0.0451. The Morgan fingerprint density at radius 3 is 2.77 bits per heavy atom. The summed E-state index contributed by atoms with van der Waals surface area (Å²) in [6.07, 6.45) is 3.62. The number of carbonyl (C=O) groups is 1. The number of hydrogen-bond donors (Lipinski definition) is 1. The largest absolute Gasteiger partial charge is 0.497 e. The van der Waals surface area contributed by atoms with Crippen LogP contribution in [-0.2, 0) is 11.3 Å². The van der Waals surface area contributed by atoms with Crippen molar-refractivity contribution in [3.8, 4) is 11.5 Å². The summed E-state index contributed by atoms with van der Waals surface area (Å²) in [6.45, 7) is 4.70. The number of rotatable bonds is 8. The molecule has 0 unspecified atom stereocenters. The SMILES string of the molecule is COc1ccc(NC(=O)CC[C@@H]2CCCN(Cc3ccc(F)c(OC)c3)C2)c(C)c1. The maximum absolute atomic E-state index is 13.6. The predicted octanol–water partition coefficient (Wildman–Crippen LogP) is 4.78. The van der Waals surface area contributed by atoms with Gasteiger partial charge in [-0.2, -0.15) is 0 Å². The van der Waals surface area contributed by atoms with E-state index in [2.05, 4.69) is 10.2 Å². The van der Waals surface area contributed by atoms with Crippen molar-refractivity contribution in [2.75, 3.05) is 32.6 Å². The number of anilines is 1. The summed E-state index contributed by atoms with van der Waals surface area (Å²) >= 11 is 0. The van der Waals surface area contributed by atoms with Gasteiger partial charge in [0.1, 0.15) is 5.75 Å². The van der Waals surface area contributed by atoms with E-state index in [9.17, 15) is 9.18 Å². The zero-order valence-corrected chi connectivity index (χ0v) is 18.0. The molecule has 1 fully saturated rings. The Morgan fingerprint density at radius 2 is 2.03 bits per heavy atom. The molecule has 30 heavy (non-hydrogen) atoms. The highest BCUT2D eigenvalue weighted by Gasteiger charge is 2.21. The average molecular weight is 415 g/mol. The van der Waals surface area contributed by atoms with Crippen molar-refractivity contribution in [2.45, 2.75) is 39.2 Å². The third-order valence-corrected chi connectivity index (χ3v) is 5.71. The fourth-order valence-electron chi connectivity index (χ4n) is 4.04. The van der Waals surface area contributed by atoms with E-state index in [0.717, 1.165) is 61.5 Å². The van der Waals surface area contributed by atoms with Gasteiger partial charge in [0.2, 0.25) is 5.91 Å². The van der Waals surface area contributed by atoms with Crippen molar-refractivity contribution in [3.63, 3.8) is 0 Å². The van der Waals surface area contributed by atoms with E-state index >= 15 is 0 Å². The van der Waals surface area contributed by atoms with Crippen LogP contribution < -0.4 is 14.8 Å². The van der Waals surface area contributed by atoms with Crippen LogP contribution in [0.15, 0.2) is 36.4 Å². The molecule has 1 aliphatic heterocycles. The van der Waals surface area contributed by atoms with E-state index in [-0.39, 0.29) is 17.5 Å². The van der Waals surface area contributed by atoms with Crippen LogP contribution in [-0.4, -0.2) is 38.1 Å². The lowest BCUT2D eigenvalue weighted by Crippen LogP contribution is -2.35. The summed E-state index contributed by atoms with van der Waals surface area (Å²) in [5.41, 5.74) is 2.86. The molecule has 1 saturated heterocycles. The lowest BCUT2D eigenvalue weighted by Gasteiger charge is -2.32. The number of carbonyl (C=O) groups excluding carboxylic acids is 1. The third kappa shape index (κ3) is 5.95. The standard InChI is InChI=1S/C24H31FN2O3/c1-17-13-20(29-2)8-10-22(17)26-24(28)11-7-18-5-4-12-27(15-18)16-19-6-9-21(25)23(14-19)30-3/h6,8-10,13-14,18H,4-5,7,11-12,15-16H2,1-3H3,(H,26,28)/t18-/m0/s1. The maximum Gasteiger partial charge on any atom is 0.224 e. The molecule has 1 atom stereocenters. The van der Waals surface area contributed by atoms with Gasteiger partial charge in [-0.05, 0) is 80.1 Å². The molecular weight excluding hydrogens is 383 g/mol. The monoisotopic (exact) mass is 414 g/mol. The third-order valence-electron chi connectivity index (χ3n) is 5.71. The van der Waals surface area contributed by atoms with Crippen LogP contribution in [0.3, 0.4) is 0 Å². The topological polar surface area (TPSA) is 50.8 Å². The van der Waals surface area contributed by atoms with Crippen molar-refractivity contribution in [1.29, 1.82) is 0 Å². The number of ether oxygens (including phenoxy) is 2. The summed E-state index contributed by atoms with van der Waals surface area (Å²) in [6, 6.07) is 10.7. The van der Waals surface area contributed by atoms with E-state index in [1.54, 1.807) is 13.2 Å². The number of likely N-dealkylation sites (tertiary alicyclic amines) is 1. The Hall–Kier alpha value is -2.60. The summed E-state index contributed by atoms with van der Waals surface area (Å²) in [5.74, 6) is 1.27. The second-order valence-electron chi connectivity index (χ2n) is 7.98. The molecule has 1 N–H and O–H groups in total. The first kappa shape index (κ1) is 22.1. The van der Waals surface area contributed by atoms with Crippen LogP contribution in [0.2, 0.25) is 0 Å². The molecule has 2 aromatic carbocycles. The van der Waals surface area contributed by atoms with Gasteiger partial charge in [0.15, 0.2) is 11.6 Å². The van der Waals surface area contributed by atoms with Crippen molar-refractivity contribution in [1.82, 2.24) is 4.90 Å². The number of nitrogens with zero attached hydrogens (tertiary/aromatic N) is 1. The smallest absolute Gasteiger partial charge is 0.224 e. The molecule has 0 radical (unpaired) electrons. The van der Waals surface area contributed by atoms with E-state index < -0.39 is 0 Å². The van der Waals surface area contributed by atoms with Crippen molar-refractivity contribution in [3.05, 3.63) is 53.3 Å². The molecule has 3 rings (SSSR count). The number of aryl methyl sites for hydroxylation is 1. The zero-order chi connectivity index (χ0) is 21.5. The molecular formula is C24H31FN2O3. The first-order chi connectivity index (χ1) is 14.5. The summed E-state index contributed by atoms with van der Waals surface area (Å²) in [4.78, 5) is 14.8. The lowest BCUT2D eigenvalue weighted by molar-refractivity contribution is -0.116. The predicted molar refractivity (Wildman–Crippen MR) is 117 cm³/mol. The molecule has 1 amide bonds. The number of amides is 1. The van der Waals surface area contributed by atoms with Gasteiger partial charge in [-0.3, -0.25) is 9.69 Å². The highest BCUT2D eigenvalue weighted by molar-refractivity contribution is 5.91. The van der Waals surface area contributed by atoms with E-state index in [0.29, 0.717) is 12.3 Å².